The molecule has 0 N–H and O–H groups in total. The summed E-state index contributed by atoms with van der Waals surface area (Å²) in [4.78, 5) is 2.43. The minimum atomic E-state index is 1.08. The zero-order valence-electron chi connectivity index (χ0n) is 35.1. The second-order valence-corrected chi connectivity index (χ2v) is 16.5. The number of rotatable bonds is 8. The summed E-state index contributed by atoms with van der Waals surface area (Å²) in [5, 5.41) is 7.45. The molecule has 1 aromatic heterocycles. The molecule has 0 aliphatic rings. The Balaban J connectivity index is 1.02. The summed E-state index contributed by atoms with van der Waals surface area (Å²) in [5.41, 5.74) is 16.4. The van der Waals surface area contributed by atoms with E-state index in [-0.39, 0.29) is 0 Å². The highest BCUT2D eigenvalue weighted by atomic mass is 15.1. The van der Waals surface area contributed by atoms with E-state index in [2.05, 4.69) is 264 Å². The van der Waals surface area contributed by atoms with Gasteiger partial charge in [0.25, 0.3) is 0 Å². The maximum atomic E-state index is 2.43. The third-order valence-corrected chi connectivity index (χ3v) is 12.8. The first-order valence-electron chi connectivity index (χ1n) is 22.0. The first kappa shape index (κ1) is 37.3. The molecule has 300 valence electrons. The summed E-state index contributed by atoms with van der Waals surface area (Å²) in [5.74, 6) is 0. The Morgan fingerprint density at radius 2 is 0.844 bits per heavy atom. The van der Waals surface area contributed by atoms with Crippen molar-refractivity contribution in [2.45, 2.75) is 0 Å². The highest BCUT2D eigenvalue weighted by Gasteiger charge is 2.22. The Labute approximate surface area is 373 Å². The second-order valence-electron chi connectivity index (χ2n) is 16.5. The summed E-state index contributed by atoms with van der Waals surface area (Å²) in [7, 11) is 0. The molecule has 12 rings (SSSR count). The van der Waals surface area contributed by atoms with E-state index < -0.39 is 0 Å². The summed E-state index contributed by atoms with van der Waals surface area (Å²) >= 11 is 0. The fourth-order valence-corrected chi connectivity index (χ4v) is 9.83. The van der Waals surface area contributed by atoms with Gasteiger partial charge in [0.15, 0.2) is 0 Å². The normalized spacial score (nSPS) is 11.4. The fraction of sp³-hybridized carbons (Fsp3) is 0. The lowest BCUT2D eigenvalue weighted by atomic mass is 9.92. The first-order chi connectivity index (χ1) is 31.8. The maximum absolute atomic E-state index is 2.43. The molecular weight excluding hydrogens is 773 g/mol. The molecule has 64 heavy (non-hydrogen) atoms. The molecule has 12 aromatic rings. The highest BCUT2D eigenvalue weighted by Crippen LogP contribution is 2.46. The molecule has 0 radical (unpaired) electrons. The molecule has 11 aromatic carbocycles. The van der Waals surface area contributed by atoms with Gasteiger partial charge in [-0.15, -0.1) is 0 Å². The lowest BCUT2D eigenvalue weighted by molar-refractivity contribution is 1.18. The molecule has 0 saturated heterocycles. The van der Waals surface area contributed by atoms with Gasteiger partial charge < -0.3 is 9.47 Å². The van der Waals surface area contributed by atoms with Gasteiger partial charge in [0, 0.05) is 33.4 Å². The van der Waals surface area contributed by atoms with Crippen LogP contribution in [-0.4, -0.2) is 4.57 Å². The van der Waals surface area contributed by atoms with Gasteiger partial charge in [-0.1, -0.05) is 200 Å². The molecule has 0 bridgehead atoms. The van der Waals surface area contributed by atoms with Gasteiger partial charge in [0.2, 0.25) is 0 Å². The Morgan fingerprint density at radius 3 is 1.64 bits per heavy atom. The lowest BCUT2D eigenvalue weighted by Gasteiger charge is -2.28. The highest BCUT2D eigenvalue weighted by molar-refractivity contribution is 6.23. The van der Waals surface area contributed by atoms with Gasteiger partial charge in [-0.3, -0.25) is 0 Å². The molecule has 0 amide bonds. The smallest absolute Gasteiger partial charge is 0.0553 e. The molecule has 0 spiro atoms. The summed E-state index contributed by atoms with van der Waals surface area (Å²) < 4.78 is 2.42. The Morgan fingerprint density at radius 1 is 0.297 bits per heavy atom. The summed E-state index contributed by atoms with van der Waals surface area (Å²) in [6.07, 6.45) is 0. The van der Waals surface area contributed by atoms with Gasteiger partial charge in [0.05, 0.1) is 16.7 Å². The van der Waals surface area contributed by atoms with Crippen LogP contribution in [0.1, 0.15) is 0 Å². The van der Waals surface area contributed by atoms with Gasteiger partial charge in [0.1, 0.15) is 0 Å². The topological polar surface area (TPSA) is 8.17 Å². The second kappa shape index (κ2) is 15.8. The monoisotopic (exact) mass is 814 g/mol. The Hall–Kier alpha value is -8.46. The maximum Gasteiger partial charge on any atom is 0.0553 e. The molecule has 2 heteroatoms. The Kier molecular flexibility index (Phi) is 9.20. The van der Waals surface area contributed by atoms with Crippen molar-refractivity contribution in [2.75, 3.05) is 4.90 Å². The third-order valence-electron chi connectivity index (χ3n) is 12.8. The minimum absolute atomic E-state index is 1.08. The van der Waals surface area contributed by atoms with Crippen LogP contribution in [-0.2, 0) is 0 Å². The van der Waals surface area contributed by atoms with Crippen molar-refractivity contribution in [3.63, 3.8) is 0 Å². The van der Waals surface area contributed by atoms with E-state index >= 15 is 0 Å². The fourth-order valence-electron chi connectivity index (χ4n) is 9.83. The number of nitrogens with zero attached hydrogens (tertiary/aromatic N) is 2. The number of hydrogen-bond acceptors (Lipinski definition) is 1. The van der Waals surface area contributed by atoms with Gasteiger partial charge in [-0.05, 0) is 115 Å². The van der Waals surface area contributed by atoms with Crippen molar-refractivity contribution in [1.29, 1.82) is 0 Å². The van der Waals surface area contributed by atoms with E-state index in [1.807, 2.05) is 0 Å². The van der Waals surface area contributed by atoms with Crippen molar-refractivity contribution in [3.8, 4) is 50.2 Å². The van der Waals surface area contributed by atoms with E-state index in [1.165, 1.54) is 87.9 Å². The van der Waals surface area contributed by atoms with Crippen molar-refractivity contribution >= 4 is 60.4 Å². The molecule has 1 heterocycles. The summed E-state index contributed by atoms with van der Waals surface area (Å²) in [6, 6.07) is 92.7. The predicted molar refractivity (Wildman–Crippen MR) is 272 cm³/mol. The SMILES string of the molecule is c1ccc(-c2ccccc2N(c2ccc(-c3ccc(-c4cccc5ccccc45)cc3)cc2)c2cccc(-c3c4ccccc4cc4c3c3ccccc3n4-c3ccccc3)c2)cc1. The van der Waals surface area contributed by atoms with E-state index in [9.17, 15) is 0 Å². The van der Waals surface area contributed by atoms with Crippen LogP contribution in [0, 0.1) is 0 Å². The largest absolute Gasteiger partial charge is 0.310 e. The van der Waals surface area contributed by atoms with Crippen molar-refractivity contribution in [2.24, 2.45) is 0 Å². The number of benzene rings is 11. The first-order valence-corrected chi connectivity index (χ1v) is 22.0. The van der Waals surface area contributed by atoms with Crippen LogP contribution in [0.25, 0.3) is 93.5 Å². The van der Waals surface area contributed by atoms with Crippen LogP contribution in [0.3, 0.4) is 0 Å². The van der Waals surface area contributed by atoms with Crippen molar-refractivity contribution in [3.05, 3.63) is 255 Å². The Bertz CT molecular complexity index is 3640. The van der Waals surface area contributed by atoms with E-state index in [0.717, 1.165) is 22.7 Å². The average molecular weight is 815 g/mol. The van der Waals surface area contributed by atoms with E-state index in [0.29, 0.717) is 0 Å². The van der Waals surface area contributed by atoms with Crippen LogP contribution in [0.2, 0.25) is 0 Å². The standard InChI is InChI=1S/C62H42N2/c1-3-17-46(18-4-1)55-27-11-13-31-58(55)63(51-39-37-44(38-40-51)43-33-35-47(36-34-43)54-30-16-21-45-19-7-9-26-53(45)54)52-25-15-22-49(41-52)61-56-28-10-8-20-48(56)42-60-62(61)57-29-12-14-32-59(57)64(60)50-23-5-2-6-24-50/h1-42H. The number of fused-ring (bicyclic) bond motifs is 5. The minimum Gasteiger partial charge on any atom is -0.310 e. The van der Waals surface area contributed by atoms with Gasteiger partial charge in [-0.25, -0.2) is 0 Å². The van der Waals surface area contributed by atoms with Crippen molar-refractivity contribution in [1.82, 2.24) is 4.57 Å². The number of aromatic nitrogens is 1. The van der Waals surface area contributed by atoms with E-state index in [4.69, 9.17) is 0 Å². The van der Waals surface area contributed by atoms with Gasteiger partial charge in [-0.2, -0.15) is 0 Å². The number of para-hydroxylation sites is 3. The summed E-state index contributed by atoms with van der Waals surface area (Å²) in [6.45, 7) is 0. The molecule has 0 unspecified atom stereocenters. The molecule has 2 nitrogen and oxygen atoms in total. The quantitative estimate of drug-likeness (QED) is 0.148. The third kappa shape index (κ3) is 6.44. The van der Waals surface area contributed by atoms with Crippen LogP contribution in [0.5, 0.6) is 0 Å². The molecule has 0 fully saturated rings. The van der Waals surface area contributed by atoms with E-state index in [1.54, 1.807) is 0 Å². The average Bonchev–Trinajstić information content (AvgIpc) is 3.70. The van der Waals surface area contributed by atoms with Crippen LogP contribution >= 0.6 is 0 Å². The molecule has 0 atom stereocenters. The predicted octanol–water partition coefficient (Wildman–Crippen LogP) is 17.2. The molecule has 0 saturated carbocycles. The molecule has 0 aliphatic carbocycles. The van der Waals surface area contributed by atoms with Crippen LogP contribution in [0.4, 0.5) is 17.1 Å². The van der Waals surface area contributed by atoms with Gasteiger partial charge >= 0.3 is 0 Å². The van der Waals surface area contributed by atoms with Crippen LogP contribution < -0.4 is 4.90 Å². The zero-order valence-corrected chi connectivity index (χ0v) is 35.1. The van der Waals surface area contributed by atoms with Crippen molar-refractivity contribution < 1.29 is 0 Å². The number of anilines is 3. The zero-order chi connectivity index (χ0) is 42.4. The lowest BCUT2D eigenvalue weighted by Crippen LogP contribution is -2.11. The number of hydrogen-bond donors (Lipinski definition) is 0. The molecule has 0 aliphatic heterocycles. The molecular formula is C62H42N2. The van der Waals surface area contributed by atoms with Crippen LogP contribution in [0.15, 0.2) is 255 Å².